The van der Waals surface area contributed by atoms with Crippen LogP contribution >= 0.6 is 11.6 Å². The van der Waals surface area contributed by atoms with E-state index in [2.05, 4.69) is 43.9 Å². The van der Waals surface area contributed by atoms with Gasteiger partial charge in [0.05, 0.1) is 0 Å². The van der Waals surface area contributed by atoms with Gasteiger partial charge in [-0.2, -0.15) is 0 Å². The van der Waals surface area contributed by atoms with Crippen molar-refractivity contribution in [3.05, 3.63) is 11.1 Å². The average Bonchev–Trinajstić information content (AvgIpc) is 2.47. The lowest BCUT2D eigenvalue weighted by molar-refractivity contribution is -0.459. The number of hydrogen-bond acceptors (Lipinski definition) is 1. The van der Waals surface area contributed by atoms with E-state index in [1.54, 1.807) is 0 Å². The summed E-state index contributed by atoms with van der Waals surface area (Å²) >= 11 is 6.55. The van der Waals surface area contributed by atoms with E-state index in [-0.39, 0.29) is 5.00 Å². The number of hydrogen-bond donors (Lipinski definition) is 0. The first-order chi connectivity index (χ1) is 6.48. The molecule has 2 atom stereocenters. The second kappa shape index (κ2) is 3.07. The molecule has 78 valence electrons. The maximum Gasteiger partial charge on any atom is 0.166 e. The van der Waals surface area contributed by atoms with E-state index in [0.717, 1.165) is 0 Å². The quantitative estimate of drug-likeness (QED) is 0.292. The van der Waals surface area contributed by atoms with Crippen molar-refractivity contribution in [1.29, 1.82) is 0 Å². The van der Waals surface area contributed by atoms with Crippen molar-refractivity contribution >= 4 is 17.8 Å². The van der Waals surface area contributed by atoms with E-state index < -0.39 is 0 Å². The molecule has 0 aromatic rings. The van der Waals surface area contributed by atoms with Crippen LogP contribution in [0.25, 0.3) is 0 Å². The summed E-state index contributed by atoms with van der Waals surface area (Å²) in [6.45, 7) is 0. The Morgan fingerprint density at radius 3 is 2.57 bits per heavy atom. The molecule has 0 bridgehead atoms. The van der Waals surface area contributed by atoms with E-state index in [1.165, 1.54) is 24.0 Å². The predicted molar refractivity (Wildman–Crippen MR) is 60.2 cm³/mol. The van der Waals surface area contributed by atoms with Gasteiger partial charge in [0.1, 0.15) is 19.1 Å². The molecule has 2 unspecified atom stereocenters. The Hall–Kier alpha value is -0.340. The average molecular weight is 214 g/mol. The highest BCUT2D eigenvalue weighted by atomic mass is 35.5. The standard InChI is InChI=1S/C11H18ClN2/c1-13(2)7-8-5-6-9-10(8)11(9,12)14(3)4/h7,9H,5-6H2,1-4H3/q+1. The van der Waals surface area contributed by atoms with Crippen molar-refractivity contribution in [2.75, 3.05) is 28.2 Å². The van der Waals surface area contributed by atoms with Crippen LogP contribution in [0.3, 0.4) is 0 Å². The Morgan fingerprint density at radius 1 is 1.50 bits per heavy atom. The minimum atomic E-state index is -0.153. The second-order valence-corrected chi connectivity index (χ2v) is 5.27. The van der Waals surface area contributed by atoms with Crippen LogP contribution in [0, 0.1) is 5.92 Å². The van der Waals surface area contributed by atoms with Gasteiger partial charge < -0.3 is 0 Å². The van der Waals surface area contributed by atoms with E-state index >= 15 is 0 Å². The maximum absolute atomic E-state index is 6.55. The summed E-state index contributed by atoms with van der Waals surface area (Å²) < 4.78 is 2.11. The zero-order valence-corrected chi connectivity index (χ0v) is 10.1. The van der Waals surface area contributed by atoms with Gasteiger partial charge in [-0.15, -0.1) is 0 Å². The van der Waals surface area contributed by atoms with Crippen LogP contribution in [0.15, 0.2) is 11.1 Å². The second-order valence-electron chi connectivity index (χ2n) is 4.69. The third-order valence-electron chi connectivity index (χ3n) is 3.22. The summed E-state index contributed by atoms with van der Waals surface area (Å²) in [4.78, 5) is 1.98. The molecule has 0 amide bonds. The summed E-state index contributed by atoms with van der Waals surface area (Å²) in [5.74, 6) is 0.602. The maximum atomic E-state index is 6.55. The van der Waals surface area contributed by atoms with Crippen LogP contribution < -0.4 is 0 Å². The largest absolute Gasteiger partial charge is 0.287 e. The Morgan fingerprint density at radius 2 is 2.14 bits per heavy atom. The van der Waals surface area contributed by atoms with Gasteiger partial charge in [-0.25, -0.2) is 4.58 Å². The van der Waals surface area contributed by atoms with Crippen molar-refractivity contribution in [2.45, 2.75) is 17.8 Å². The first-order valence-electron chi connectivity index (χ1n) is 5.09. The molecule has 0 aliphatic heterocycles. The fraction of sp³-hybridized carbons (Fsp3) is 0.727. The molecule has 1 saturated carbocycles. The highest BCUT2D eigenvalue weighted by molar-refractivity contribution is 6.30. The third kappa shape index (κ3) is 1.24. The Balaban J connectivity index is 2.31. The summed E-state index contributed by atoms with van der Waals surface area (Å²) in [7, 11) is 8.25. The molecule has 0 N–H and O–H groups in total. The number of halogens is 1. The van der Waals surface area contributed by atoms with Crippen LogP contribution in [0.2, 0.25) is 0 Å². The predicted octanol–water partition coefficient (Wildman–Crippen LogP) is 1.55. The third-order valence-corrected chi connectivity index (χ3v) is 4.02. The van der Waals surface area contributed by atoms with E-state index in [9.17, 15) is 0 Å². The highest BCUT2D eigenvalue weighted by Crippen LogP contribution is 2.64. The highest BCUT2D eigenvalue weighted by Gasteiger charge is 2.64. The van der Waals surface area contributed by atoms with Crippen LogP contribution in [0.5, 0.6) is 0 Å². The molecule has 0 spiro atoms. The van der Waals surface area contributed by atoms with Crippen LogP contribution in [0.1, 0.15) is 12.8 Å². The molecule has 0 heterocycles. The lowest BCUT2D eigenvalue weighted by Gasteiger charge is -2.19. The summed E-state index contributed by atoms with van der Waals surface area (Å²) in [6.07, 6.45) is 4.63. The molecule has 0 saturated heterocycles. The molecule has 2 aliphatic carbocycles. The smallest absolute Gasteiger partial charge is 0.166 e. The lowest BCUT2D eigenvalue weighted by atomic mass is 10.1. The van der Waals surface area contributed by atoms with Crippen LogP contribution in [-0.4, -0.2) is 48.9 Å². The van der Waals surface area contributed by atoms with E-state index in [4.69, 9.17) is 11.6 Å². The number of nitrogens with zero attached hydrogens (tertiary/aromatic N) is 2. The molecule has 2 aliphatic rings. The minimum Gasteiger partial charge on any atom is -0.287 e. The van der Waals surface area contributed by atoms with Crippen molar-refractivity contribution in [3.63, 3.8) is 0 Å². The van der Waals surface area contributed by atoms with Crippen molar-refractivity contribution in [2.24, 2.45) is 5.92 Å². The topological polar surface area (TPSA) is 6.25 Å². The normalized spacial score (nSPS) is 34.9. The van der Waals surface area contributed by atoms with Crippen molar-refractivity contribution < 1.29 is 4.58 Å². The molecular weight excluding hydrogens is 196 g/mol. The van der Waals surface area contributed by atoms with Crippen LogP contribution in [0.4, 0.5) is 0 Å². The van der Waals surface area contributed by atoms with Gasteiger partial charge in [0.15, 0.2) is 6.21 Å². The molecule has 0 aromatic carbocycles. The van der Waals surface area contributed by atoms with Gasteiger partial charge in [0.2, 0.25) is 0 Å². The molecule has 14 heavy (non-hydrogen) atoms. The number of allylic oxidation sites excluding steroid dienone is 1. The van der Waals surface area contributed by atoms with Gasteiger partial charge in [-0.05, 0) is 32.5 Å². The fourth-order valence-corrected chi connectivity index (χ4v) is 2.98. The zero-order chi connectivity index (χ0) is 10.5. The van der Waals surface area contributed by atoms with E-state index in [0.29, 0.717) is 5.92 Å². The molecular formula is C11H18ClN2+. The lowest BCUT2D eigenvalue weighted by Crippen LogP contribution is -2.28. The molecule has 2 nitrogen and oxygen atoms in total. The van der Waals surface area contributed by atoms with Crippen molar-refractivity contribution in [3.8, 4) is 0 Å². The van der Waals surface area contributed by atoms with Crippen LogP contribution in [-0.2, 0) is 0 Å². The number of alkyl halides is 1. The number of likely N-dealkylation sites (N-methyl/N-ethyl adjacent to an activating group) is 1. The van der Waals surface area contributed by atoms with Gasteiger partial charge in [0.25, 0.3) is 0 Å². The summed E-state index contributed by atoms with van der Waals surface area (Å²) in [6, 6.07) is 0. The van der Waals surface area contributed by atoms with E-state index in [1.807, 2.05) is 0 Å². The molecule has 0 radical (unpaired) electrons. The van der Waals surface area contributed by atoms with Gasteiger partial charge in [-0.3, -0.25) is 4.90 Å². The molecule has 1 fully saturated rings. The SMILES string of the molecule is CN(C)C1(Cl)C2=C(C=[N+](C)C)CCC21. The number of fused-ring (bicyclic) bond motifs is 1. The monoisotopic (exact) mass is 213 g/mol. The first kappa shape index (κ1) is 10.2. The molecule has 2 rings (SSSR count). The van der Waals surface area contributed by atoms with Gasteiger partial charge in [0, 0.05) is 11.5 Å². The van der Waals surface area contributed by atoms with Gasteiger partial charge >= 0.3 is 0 Å². The van der Waals surface area contributed by atoms with Crippen molar-refractivity contribution in [1.82, 2.24) is 4.90 Å². The molecule has 3 heteroatoms. The zero-order valence-electron chi connectivity index (χ0n) is 9.34. The van der Waals surface area contributed by atoms with Gasteiger partial charge in [-0.1, -0.05) is 11.6 Å². The minimum absolute atomic E-state index is 0.153. The first-order valence-corrected chi connectivity index (χ1v) is 5.47. The fourth-order valence-electron chi connectivity index (χ4n) is 2.57. The summed E-state index contributed by atoms with van der Waals surface area (Å²) in [5, 5.41) is 0. The summed E-state index contributed by atoms with van der Waals surface area (Å²) in [5.41, 5.74) is 2.90. The number of rotatable bonds is 2. The Kier molecular flexibility index (Phi) is 2.24. The Labute approximate surface area is 90.9 Å². The Bertz CT molecular complexity index is 326. The molecule has 0 aromatic heterocycles.